The van der Waals surface area contributed by atoms with E-state index in [9.17, 15) is 4.79 Å². The first-order chi connectivity index (χ1) is 12.6. The molecule has 0 saturated carbocycles. The topological polar surface area (TPSA) is 35.5 Å². The highest BCUT2D eigenvalue weighted by Gasteiger charge is 2.11. The maximum atomic E-state index is 12.6. The van der Waals surface area contributed by atoms with Crippen molar-refractivity contribution in [3.8, 4) is 11.5 Å². The standard InChI is InChI=1S/C21H20Cl2O3/c1-25-20-5-3-15(17(13-20)7-9-22)11-19(24)12-16-4-6-21(26-2)14-18(16)8-10-23/h3-10,13-14H,11-12H2,1-2H3/b9-7+,10-8+. The highest BCUT2D eigenvalue weighted by atomic mass is 35.5. The zero-order valence-electron chi connectivity index (χ0n) is 14.7. The SMILES string of the molecule is COc1ccc(CC(=O)Cc2ccc(OC)cc2/C=C/Cl)c(/C=C/Cl)c1. The molecule has 0 fully saturated rings. The molecule has 0 aliphatic carbocycles. The fraction of sp³-hybridized carbons (Fsp3) is 0.190. The molecule has 0 aliphatic rings. The van der Waals surface area contributed by atoms with Gasteiger partial charge in [0, 0.05) is 23.9 Å². The van der Waals surface area contributed by atoms with Crippen molar-refractivity contribution in [3.63, 3.8) is 0 Å². The molecule has 26 heavy (non-hydrogen) atoms. The summed E-state index contributed by atoms with van der Waals surface area (Å²) in [7, 11) is 3.20. The molecular weight excluding hydrogens is 371 g/mol. The van der Waals surface area contributed by atoms with Crippen molar-refractivity contribution in [3.05, 3.63) is 69.7 Å². The van der Waals surface area contributed by atoms with Crippen molar-refractivity contribution in [2.45, 2.75) is 12.8 Å². The average molecular weight is 391 g/mol. The molecule has 2 aromatic rings. The molecule has 0 atom stereocenters. The molecule has 0 aliphatic heterocycles. The van der Waals surface area contributed by atoms with Crippen LogP contribution in [-0.2, 0) is 17.6 Å². The van der Waals surface area contributed by atoms with Crippen molar-refractivity contribution in [1.29, 1.82) is 0 Å². The van der Waals surface area contributed by atoms with Gasteiger partial charge in [0.05, 0.1) is 14.2 Å². The molecule has 2 aromatic carbocycles. The Bertz CT molecular complexity index is 759. The second-order valence-corrected chi connectivity index (χ2v) is 6.11. The van der Waals surface area contributed by atoms with E-state index in [0.717, 1.165) is 33.8 Å². The summed E-state index contributed by atoms with van der Waals surface area (Å²) in [4.78, 5) is 12.6. The number of hydrogen-bond donors (Lipinski definition) is 0. The van der Waals surface area contributed by atoms with Gasteiger partial charge in [-0.15, -0.1) is 0 Å². The van der Waals surface area contributed by atoms with Crippen molar-refractivity contribution < 1.29 is 14.3 Å². The summed E-state index contributed by atoms with van der Waals surface area (Å²) >= 11 is 11.4. The third-order valence-electron chi connectivity index (χ3n) is 3.97. The quantitative estimate of drug-likeness (QED) is 0.598. The van der Waals surface area contributed by atoms with Crippen LogP contribution in [0.1, 0.15) is 22.3 Å². The highest BCUT2D eigenvalue weighted by Crippen LogP contribution is 2.23. The van der Waals surface area contributed by atoms with Gasteiger partial charge in [0.15, 0.2) is 0 Å². The first-order valence-corrected chi connectivity index (χ1v) is 8.87. The number of methoxy groups -OCH3 is 2. The number of hydrogen-bond acceptors (Lipinski definition) is 3. The second kappa shape index (κ2) is 10.0. The minimum Gasteiger partial charge on any atom is -0.497 e. The van der Waals surface area contributed by atoms with Crippen molar-refractivity contribution in [2.24, 2.45) is 0 Å². The number of carbonyl (C=O) groups is 1. The summed E-state index contributed by atoms with van der Waals surface area (Å²) in [5.74, 6) is 1.53. The minimum absolute atomic E-state index is 0.0915. The third kappa shape index (κ3) is 5.38. The number of carbonyl (C=O) groups excluding carboxylic acids is 1. The lowest BCUT2D eigenvalue weighted by molar-refractivity contribution is -0.117. The van der Waals surface area contributed by atoms with Gasteiger partial charge in [0.25, 0.3) is 0 Å². The average Bonchev–Trinajstić information content (AvgIpc) is 2.65. The molecular formula is C21H20Cl2O3. The van der Waals surface area contributed by atoms with Gasteiger partial charge in [0.1, 0.15) is 17.3 Å². The highest BCUT2D eigenvalue weighted by molar-refractivity contribution is 6.27. The van der Waals surface area contributed by atoms with Crippen LogP contribution in [0.5, 0.6) is 11.5 Å². The predicted molar refractivity (Wildman–Crippen MR) is 108 cm³/mol. The van der Waals surface area contributed by atoms with Crippen molar-refractivity contribution in [2.75, 3.05) is 14.2 Å². The number of benzene rings is 2. The summed E-state index contributed by atoms with van der Waals surface area (Å²) in [6.45, 7) is 0. The zero-order chi connectivity index (χ0) is 18.9. The zero-order valence-corrected chi connectivity index (χ0v) is 16.2. The van der Waals surface area contributed by atoms with Crippen LogP contribution < -0.4 is 9.47 Å². The van der Waals surface area contributed by atoms with E-state index in [2.05, 4.69) is 0 Å². The van der Waals surface area contributed by atoms with Gasteiger partial charge in [-0.1, -0.05) is 35.3 Å². The maximum Gasteiger partial charge on any atom is 0.141 e. The molecule has 0 radical (unpaired) electrons. The lowest BCUT2D eigenvalue weighted by atomic mass is 9.96. The Balaban J connectivity index is 2.21. The van der Waals surface area contributed by atoms with Gasteiger partial charge in [-0.2, -0.15) is 0 Å². The van der Waals surface area contributed by atoms with E-state index >= 15 is 0 Å². The van der Waals surface area contributed by atoms with Gasteiger partial charge in [-0.25, -0.2) is 0 Å². The van der Waals surface area contributed by atoms with Crippen LogP contribution in [0.15, 0.2) is 47.5 Å². The number of halogens is 2. The molecule has 0 bridgehead atoms. The molecule has 0 N–H and O–H groups in total. The van der Waals surface area contributed by atoms with Gasteiger partial charge in [-0.05, 0) is 58.7 Å². The minimum atomic E-state index is 0.0915. The molecule has 0 heterocycles. The predicted octanol–water partition coefficient (Wildman–Crippen LogP) is 5.48. The molecule has 0 aromatic heterocycles. The molecule has 0 amide bonds. The Morgan fingerprint density at radius 1 is 0.846 bits per heavy atom. The largest absolute Gasteiger partial charge is 0.497 e. The lowest BCUT2D eigenvalue weighted by Gasteiger charge is -2.10. The summed E-state index contributed by atoms with van der Waals surface area (Å²) in [6, 6.07) is 11.2. The van der Waals surface area contributed by atoms with Crippen LogP contribution in [-0.4, -0.2) is 20.0 Å². The van der Waals surface area contributed by atoms with Crippen LogP contribution >= 0.6 is 23.2 Å². The van der Waals surface area contributed by atoms with E-state index in [1.54, 1.807) is 26.4 Å². The molecule has 3 nitrogen and oxygen atoms in total. The van der Waals surface area contributed by atoms with Crippen LogP contribution in [0, 0.1) is 0 Å². The molecule has 0 saturated heterocycles. The van der Waals surface area contributed by atoms with Crippen LogP contribution in [0.25, 0.3) is 12.2 Å². The maximum absolute atomic E-state index is 12.6. The van der Waals surface area contributed by atoms with Crippen LogP contribution in [0.2, 0.25) is 0 Å². The lowest BCUT2D eigenvalue weighted by Crippen LogP contribution is -2.09. The second-order valence-electron chi connectivity index (χ2n) is 5.61. The Kier molecular flexibility index (Phi) is 7.76. The van der Waals surface area contributed by atoms with Crippen molar-refractivity contribution >= 4 is 41.1 Å². The normalized spacial score (nSPS) is 11.2. The van der Waals surface area contributed by atoms with E-state index in [0.29, 0.717) is 12.8 Å². The van der Waals surface area contributed by atoms with Crippen LogP contribution in [0.4, 0.5) is 0 Å². The number of ketones is 1. The summed E-state index contributed by atoms with van der Waals surface area (Å²) in [5, 5.41) is 0. The Labute approximate surface area is 163 Å². The number of Topliss-reactive ketones (excluding diaryl/α,β-unsaturated/α-hetero) is 1. The van der Waals surface area contributed by atoms with Crippen molar-refractivity contribution in [1.82, 2.24) is 0 Å². The first kappa shape index (κ1) is 20.1. The summed E-state index contributed by atoms with van der Waals surface area (Å²) in [5.41, 5.74) is 6.38. The monoisotopic (exact) mass is 390 g/mol. The molecule has 2 rings (SSSR count). The van der Waals surface area contributed by atoms with E-state index < -0.39 is 0 Å². The molecule has 0 spiro atoms. The van der Waals surface area contributed by atoms with Gasteiger partial charge in [-0.3, -0.25) is 4.79 Å². The molecule has 0 unspecified atom stereocenters. The van der Waals surface area contributed by atoms with E-state index in [1.165, 1.54) is 11.1 Å². The Morgan fingerprint density at radius 2 is 1.27 bits per heavy atom. The first-order valence-electron chi connectivity index (χ1n) is 8.00. The van der Waals surface area contributed by atoms with E-state index in [1.807, 2.05) is 36.4 Å². The van der Waals surface area contributed by atoms with Crippen LogP contribution in [0.3, 0.4) is 0 Å². The molecule has 136 valence electrons. The van der Waals surface area contributed by atoms with E-state index in [4.69, 9.17) is 32.7 Å². The van der Waals surface area contributed by atoms with Gasteiger partial charge in [0.2, 0.25) is 0 Å². The summed E-state index contributed by atoms with van der Waals surface area (Å²) in [6.07, 6.45) is 4.11. The fourth-order valence-corrected chi connectivity index (χ4v) is 2.93. The number of rotatable bonds is 8. The van der Waals surface area contributed by atoms with Gasteiger partial charge < -0.3 is 9.47 Å². The smallest absolute Gasteiger partial charge is 0.141 e. The van der Waals surface area contributed by atoms with Gasteiger partial charge >= 0.3 is 0 Å². The third-order valence-corrected chi connectivity index (χ3v) is 4.22. The fourth-order valence-electron chi connectivity index (χ4n) is 2.66. The molecule has 5 heteroatoms. The number of ether oxygens (including phenoxy) is 2. The van der Waals surface area contributed by atoms with E-state index in [-0.39, 0.29) is 5.78 Å². The Hall–Kier alpha value is -2.23. The summed E-state index contributed by atoms with van der Waals surface area (Å²) < 4.78 is 10.5. The Morgan fingerprint density at radius 3 is 1.62 bits per heavy atom.